The lowest BCUT2D eigenvalue weighted by Gasteiger charge is -2.18. The molecule has 68 heavy (non-hydrogen) atoms. The second-order valence-corrected chi connectivity index (χ2v) is 18.5. The molecule has 0 aromatic rings. The van der Waals surface area contributed by atoms with Crippen LogP contribution in [0.5, 0.6) is 0 Å². The van der Waals surface area contributed by atoms with E-state index >= 15 is 0 Å². The summed E-state index contributed by atoms with van der Waals surface area (Å²) in [5.41, 5.74) is 0. The highest BCUT2D eigenvalue weighted by Gasteiger charge is 2.19. The summed E-state index contributed by atoms with van der Waals surface area (Å²) in [7, 11) is 0. The van der Waals surface area contributed by atoms with Crippen molar-refractivity contribution < 1.29 is 28.6 Å². The van der Waals surface area contributed by atoms with Crippen LogP contribution in [0.2, 0.25) is 0 Å². The van der Waals surface area contributed by atoms with E-state index in [4.69, 9.17) is 14.2 Å². The van der Waals surface area contributed by atoms with Crippen molar-refractivity contribution in [1.29, 1.82) is 0 Å². The predicted molar refractivity (Wildman–Crippen MR) is 293 cm³/mol. The Morgan fingerprint density at radius 3 is 0.941 bits per heavy atom. The second kappa shape index (κ2) is 55.9. The molecule has 0 aromatic carbocycles. The molecule has 0 saturated carbocycles. The van der Waals surface area contributed by atoms with Crippen LogP contribution in [0.15, 0.2) is 97.2 Å². The maximum atomic E-state index is 12.8. The summed E-state index contributed by atoms with van der Waals surface area (Å²) in [6.07, 6.45) is 74.1. The first-order valence-electron chi connectivity index (χ1n) is 28.2. The van der Waals surface area contributed by atoms with Gasteiger partial charge in [0.15, 0.2) is 6.10 Å². The lowest BCUT2D eigenvalue weighted by Crippen LogP contribution is -2.30. The van der Waals surface area contributed by atoms with Crippen LogP contribution in [0.25, 0.3) is 0 Å². The second-order valence-electron chi connectivity index (χ2n) is 18.5. The molecule has 0 amide bonds. The fourth-order valence-electron chi connectivity index (χ4n) is 7.59. The zero-order chi connectivity index (χ0) is 49.3. The van der Waals surface area contributed by atoms with E-state index in [2.05, 4.69) is 118 Å². The number of ether oxygens (including phenoxy) is 3. The number of allylic oxidation sites excluding steroid dienone is 16. The molecule has 0 fully saturated rings. The standard InChI is InChI=1S/C62H104O6/c1-4-7-10-13-16-19-21-23-24-25-26-27-28-29-30-31-32-33-34-35-36-37-38-39-41-43-46-49-52-55-61(64)67-58-59(57-66-60(63)54-51-48-45-42-18-15-12-9-6-3)68-62(65)56-53-50-47-44-40-22-20-17-14-11-8-5-2/h7,10,16-17,19-20,23-24,26-27,29-30,32-33,35-36,59H,4-6,8-9,11-15,18,21-22,25,28,31,34,37-58H2,1-3H3/b10-7-,19-16-,20-17-,24-23-,27-26-,30-29-,33-32-,36-35-. The van der Waals surface area contributed by atoms with Crippen molar-refractivity contribution in [2.75, 3.05) is 13.2 Å². The number of hydrogen-bond acceptors (Lipinski definition) is 6. The van der Waals surface area contributed by atoms with E-state index in [1.165, 1.54) is 96.3 Å². The molecule has 0 heterocycles. The minimum atomic E-state index is -0.783. The van der Waals surface area contributed by atoms with Crippen molar-refractivity contribution in [3.8, 4) is 0 Å². The Morgan fingerprint density at radius 1 is 0.309 bits per heavy atom. The quantitative estimate of drug-likeness (QED) is 0.0262. The highest BCUT2D eigenvalue weighted by Crippen LogP contribution is 2.14. The van der Waals surface area contributed by atoms with Crippen LogP contribution in [-0.4, -0.2) is 37.2 Å². The van der Waals surface area contributed by atoms with Gasteiger partial charge in [-0.15, -0.1) is 0 Å². The monoisotopic (exact) mass is 945 g/mol. The Hall–Kier alpha value is -3.67. The molecule has 0 saturated heterocycles. The largest absolute Gasteiger partial charge is 0.462 e. The highest BCUT2D eigenvalue weighted by atomic mass is 16.6. The average Bonchev–Trinajstić information content (AvgIpc) is 3.34. The number of hydrogen-bond donors (Lipinski definition) is 0. The molecule has 1 unspecified atom stereocenters. The zero-order valence-electron chi connectivity index (χ0n) is 44.3. The summed E-state index contributed by atoms with van der Waals surface area (Å²) in [5.74, 6) is -0.906. The fraction of sp³-hybridized carbons (Fsp3) is 0.694. The van der Waals surface area contributed by atoms with E-state index in [1.807, 2.05) is 0 Å². The van der Waals surface area contributed by atoms with Gasteiger partial charge in [0.2, 0.25) is 0 Å². The van der Waals surface area contributed by atoms with Crippen LogP contribution in [0.3, 0.4) is 0 Å². The average molecular weight is 946 g/mol. The Balaban J connectivity index is 4.22. The Bertz CT molecular complexity index is 1360. The summed E-state index contributed by atoms with van der Waals surface area (Å²) in [5, 5.41) is 0. The third kappa shape index (κ3) is 53.3. The summed E-state index contributed by atoms with van der Waals surface area (Å²) >= 11 is 0. The molecular weight excluding hydrogens is 841 g/mol. The molecule has 0 aromatic heterocycles. The van der Waals surface area contributed by atoms with E-state index in [0.29, 0.717) is 19.3 Å². The summed E-state index contributed by atoms with van der Waals surface area (Å²) in [6, 6.07) is 0. The lowest BCUT2D eigenvalue weighted by atomic mass is 10.1. The van der Waals surface area contributed by atoms with Crippen molar-refractivity contribution in [2.45, 2.75) is 264 Å². The number of carbonyl (C=O) groups is 3. The molecule has 0 aliphatic carbocycles. The number of carbonyl (C=O) groups excluding carboxylic acids is 3. The summed E-state index contributed by atoms with van der Waals surface area (Å²) in [4.78, 5) is 37.9. The first-order chi connectivity index (χ1) is 33.5. The summed E-state index contributed by atoms with van der Waals surface area (Å²) in [6.45, 7) is 6.46. The van der Waals surface area contributed by atoms with Gasteiger partial charge in [-0.05, 0) is 103 Å². The van der Waals surface area contributed by atoms with Gasteiger partial charge < -0.3 is 14.2 Å². The SMILES string of the molecule is CC/C=C\C/C=C\C/C=C\C/C=C\C/C=C\C/C=C\C/C=C\CCCCCCCCCC(=O)OCC(COC(=O)CCCCCCCCCCC)OC(=O)CCCCCCC/C=C\CCCCC. The molecule has 0 N–H and O–H groups in total. The van der Waals surface area contributed by atoms with Gasteiger partial charge in [-0.1, -0.05) is 234 Å². The number of esters is 3. The van der Waals surface area contributed by atoms with Crippen molar-refractivity contribution in [3.05, 3.63) is 97.2 Å². The van der Waals surface area contributed by atoms with Crippen LogP contribution in [0.4, 0.5) is 0 Å². The van der Waals surface area contributed by atoms with Gasteiger partial charge in [0.1, 0.15) is 13.2 Å². The first-order valence-corrected chi connectivity index (χ1v) is 28.2. The maximum Gasteiger partial charge on any atom is 0.306 e. The van der Waals surface area contributed by atoms with Gasteiger partial charge in [0.25, 0.3) is 0 Å². The minimum absolute atomic E-state index is 0.0828. The van der Waals surface area contributed by atoms with Gasteiger partial charge in [0, 0.05) is 19.3 Å². The lowest BCUT2D eigenvalue weighted by molar-refractivity contribution is -0.167. The van der Waals surface area contributed by atoms with Crippen LogP contribution in [0, 0.1) is 0 Å². The van der Waals surface area contributed by atoms with Crippen molar-refractivity contribution in [1.82, 2.24) is 0 Å². The molecular formula is C62H104O6. The van der Waals surface area contributed by atoms with E-state index in [9.17, 15) is 14.4 Å². The maximum absolute atomic E-state index is 12.8. The normalized spacial score (nSPS) is 12.8. The van der Waals surface area contributed by atoms with Crippen molar-refractivity contribution >= 4 is 17.9 Å². The Kier molecular flexibility index (Phi) is 52.9. The molecule has 1 atom stereocenters. The van der Waals surface area contributed by atoms with Crippen LogP contribution >= 0.6 is 0 Å². The fourth-order valence-corrected chi connectivity index (χ4v) is 7.59. The predicted octanol–water partition coefficient (Wildman–Crippen LogP) is 18.9. The van der Waals surface area contributed by atoms with Crippen molar-refractivity contribution in [3.63, 3.8) is 0 Å². The highest BCUT2D eigenvalue weighted by molar-refractivity contribution is 5.71. The minimum Gasteiger partial charge on any atom is -0.462 e. The molecule has 388 valence electrons. The van der Waals surface area contributed by atoms with Crippen LogP contribution in [0.1, 0.15) is 258 Å². The molecule has 0 aliphatic heterocycles. The number of unbranched alkanes of at least 4 members (excludes halogenated alkanes) is 23. The smallest absolute Gasteiger partial charge is 0.306 e. The molecule has 0 spiro atoms. The third-order valence-electron chi connectivity index (χ3n) is 11.8. The zero-order valence-corrected chi connectivity index (χ0v) is 44.3. The van der Waals surface area contributed by atoms with Crippen LogP contribution in [-0.2, 0) is 28.6 Å². The van der Waals surface area contributed by atoms with Gasteiger partial charge in [-0.2, -0.15) is 0 Å². The molecule has 6 nitrogen and oxygen atoms in total. The first kappa shape index (κ1) is 64.3. The van der Waals surface area contributed by atoms with E-state index in [0.717, 1.165) is 122 Å². The van der Waals surface area contributed by atoms with E-state index in [-0.39, 0.29) is 31.1 Å². The Morgan fingerprint density at radius 2 is 0.574 bits per heavy atom. The van der Waals surface area contributed by atoms with E-state index in [1.54, 1.807) is 0 Å². The number of rotatable bonds is 50. The molecule has 0 radical (unpaired) electrons. The Labute approximate surface area is 419 Å². The molecule has 0 bridgehead atoms. The third-order valence-corrected chi connectivity index (χ3v) is 11.8. The van der Waals surface area contributed by atoms with Crippen LogP contribution < -0.4 is 0 Å². The molecule has 0 rings (SSSR count). The van der Waals surface area contributed by atoms with Gasteiger partial charge in [-0.3, -0.25) is 14.4 Å². The molecule has 0 aliphatic rings. The van der Waals surface area contributed by atoms with Gasteiger partial charge >= 0.3 is 17.9 Å². The topological polar surface area (TPSA) is 78.9 Å². The van der Waals surface area contributed by atoms with Crippen molar-refractivity contribution in [2.24, 2.45) is 0 Å². The van der Waals surface area contributed by atoms with E-state index < -0.39 is 6.10 Å². The summed E-state index contributed by atoms with van der Waals surface area (Å²) < 4.78 is 16.8. The van der Waals surface area contributed by atoms with Gasteiger partial charge in [-0.25, -0.2) is 0 Å². The molecule has 6 heteroatoms. The van der Waals surface area contributed by atoms with Gasteiger partial charge in [0.05, 0.1) is 0 Å².